The highest BCUT2D eigenvalue weighted by Crippen LogP contribution is 2.22. The SMILES string of the molecule is Cc1ccc2c(ccn2Cc2ccc(Cl)cc2N)c1. The van der Waals surface area contributed by atoms with Crippen molar-refractivity contribution >= 4 is 28.2 Å². The van der Waals surface area contributed by atoms with Crippen LogP contribution in [0.4, 0.5) is 5.69 Å². The van der Waals surface area contributed by atoms with Crippen LogP contribution in [0.15, 0.2) is 48.7 Å². The van der Waals surface area contributed by atoms with Crippen molar-refractivity contribution in [3.63, 3.8) is 0 Å². The zero-order valence-corrected chi connectivity index (χ0v) is 11.5. The van der Waals surface area contributed by atoms with E-state index in [1.54, 1.807) is 6.07 Å². The Kier molecular flexibility index (Phi) is 2.96. The number of anilines is 1. The quantitative estimate of drug-likeness (QED) is 0.694. The van der Waals surface area contributed by atoms with Gasteiger partial charge in [0.25, 0.3) is 0 Å². The number of nitrogens with zero attached hydrogens (tertiary/aromatic N) is 1. The third kappa shape index (κ3) is 2.32. The maximum absolute atomic E-state index is 6.01. The number of nitrogen functional groups attached to an aromatic ring is 1. The minimum Gasteiger partial charge on any atom is -0.398 e. The fraction of sp³-hybridized carbons (Fsp3) is 0.125. The molecule has 3 aromatic rings. The topological polar surface area (TPSA) is 30.9 Å². The van der Waals surface area contributed by atoms with Crippen molar-refractivity contribution < 1.29 is 0 Å². The van der Waals surface area contributed by atoms with E-state index in [1.165, 1.54) is 16.5 Å². The van der Waals surface area contributed by atoms with Crippen LogP contribution in [-0.2, 0) is 6.54 Å². The number of hydrogen-bond donors (Lipinski definition) is 1. The maximum atomic E-state index is 6.01. The Morgan fingerprint density at radius 1 is 1.11 bits per heavy atom. The van der Waals surface area contributed by atoms with E-state index in [2.05, 4.69) is 42.0 Å². The molecule has 0 aliphatic rings. The minimum atomic E-state index is 0.675. The van der Waals surface area contributed by atoms with Gasteiger partial charge in [0.2, 0.25) is 0 Å². The molecular weight excluding hydrogens is 256 g/mol. The summed E-state index contributed by atoms with van der Waals surface area (Å²) in [4.78, 5) is 0. The van der Waals surface area contributed by atoms with Crippen LogP contribution in [0.5, 0.6) is 0 Å². The molecule has 0 aliphatic heterocycles. The van der Waals surface area contributed by atoms with E-state index < -0.39 is 0 Å². The number of hydrogen-bond acceptors (Lipinski definition) is 1. The van der Waals surface area contributed by atoms with Crippen molar-refractivity contribution in [2.45, 2.75) is 13.5 Å². The Morgan fingerprint density at radius 2 is 1.95 bits per heavy atom. The van der Waals surface area contributed by atoms with Gasteiger partial charge in [0.15, 0.2) is 0 Å². The molecule has 96 valence electrons. The lowest BCUT2D eigenvalue weighted by molar-refractivity contribution is 0.839. The maximum Gasteiger partial charge on any atom is 0.0496 e. The number of halogens is 1. The normalized spacial score (nSPS) is 11.1. The number of benzene rings is 2. The molecule has 1 aromatic heterocycles. The van der Waals surface area contributed by atoms with Crippen molar-refractivity contribution in [3.8, 4) is 0 Å². The third-order valence-corrected chi connectivity index (χ3v) is 3.61. The van der Waals surface area contributed by atoms with Crippen LogP contribution < -0.4 is 5.73 Å². The van der Waals surface area contributed by atoms with Crippen LogP contribution in [0.25, 0.3) is 10.9 Å². The smallest absolute Gasteiger partial charge is 0.0496 e. The van der Waals surface area contributed by atoms with E-state index in [-0.39, 0.29) is 0 Å². The summed E-state index contributed by atoms with van der Waals surface area (Å²) in [6.07, 6.45) is 2.10. The largest absolute Gasteiger partial charge is 0.398 e. The average Bonchev–Trinajstić information content (AvgIpc) is 2.75. The highest BCUT2D eigenvalue weighted by atomic mass is 35.5. The third-order valence-electron chi connectivity index (χ3n) is 3.38. The Balaban J connectivity index is 2.01. The molecule has 3 heteroatoms. The number of rotatable bonds is 2. The lowest BCUT2D eigenvalue weighted by atomic mass is 10.1. The van der Waals surface area contributed by atoms with Crippen LogP contribution in [0, 0.1) is 6.92 Å². The van der Waals surface area contributed by atoms with Gasteiger partial charge in [0.1, 0.15) is 0 Å². The Labute approximate surface area is 117 Å². The Bertz CT molecular complexity index is 744. The molecule has 0 amide bonds. The monoisotopic (exact) mass is 270 g/mol. The van der Waals surface area contributed by atoms with Gasteiger partial charge >= 0.3 is 0 Å². The zero-order valence-electron chi connectivity index (χ0n) is 10.7. The van der Waals surface area contributed by atoms with Crippen molar-refractivity contribution in [2.24, 2.45) is 0 Å². The van der Waals surface area contributed by atoms with Crippen LogP contribution in [0.1, 0.15) is 11.1 Å². The van der Waals surface area contributed by atoms with Gasteiger partial charge in [-0.2, -0.15) is 0 Å². The standard InChI is InChI=1S/C16H15ClN2/c1-11-2-5-16-12(8-11)6-7-19(16)10-13-3-4-14(17)9-15(13)18/h2-9H,10,18H2,1H3. The van der Waals surface area contributed by atoms with E-state index >= 15 is 0 Å². The summed E-state index contributed by atoms with van der Waals surface area (Å²) in [5, 5.41) is 1.93. The highest BCUT2D eigenvalue weighted by molar-refractivity contribution is 6.30. The minimum absolute atomic E-state index is 0.675. The molecule has 2 nitrogen and oxygen atoms in total. The van der Waals surface area contributed by atoms with Crippen LogP contribution >= 0.6 is 11.6 Å². The fourth-order valence-corrected chi connectivity index (χ4v) is 2.53. The molecule has 0 saturated carbocycles. The summed E-state index contributed by atoms with van der Waals surface area (Å²) in [7, 11) is 0. The van der Waals surface area contributed by atoms with Crippen LogP contribution in [0.2, 0.25) is 5.02 Å². The number of fused-ring (bicyclic) bond motifs is 1. The van der Waals surface area contributed by atoms with E-state index in [1.807, 2.05) is 12.1 Å². The molecule has 0 saturated heterocycles. The van der Waals surface area contributed by atoms with Crippen LogP contribution in [-0.4, -0.2) is 4.57 Å². The summed E-state index contributed by atoms with van der Waals surface area (Å²) >= 11 is 5.92. The van der Waals surface area contributed by atoms with Crippen molar-refractivity contribution in [3.05, 3.63) is 64.8 Å². The molecule has 0 radical (unpaired) electrons. The number of aryl methyl sites for hydroxylation is 1. The summed E-state index contributed by atoms with van der Waals surface area (Å²) in [6.45, 7) is 2.86. The highest BCUT2D eigenvalue weighted by Gasteiger charge is 2.05. The predicted octanol–water partition coefficient (Wildman–Crippen LogP) is 4.23. The van der Waals surface area contributed by atoms with Crippen LogP contribution in [0.3, 0.4) is 0 Å². The molecule has 0 unspecified atom stereocenters. The number of nitrogens with two attached hydrogens (primary N) is 1. The van der Waals surface area contributed by atoms with Crippen molar-refractivity contribution in [1.29, 1.82) is 0 Å². The molecule has 1 heterocycles. The second kappa shape index (κ2) is 4.63. The second-order valence-electron chi connectivity index (χ2n) is 4.85. The summed E-state index contributed by atoms with van der Waals surface area (Å²) < 4.78 is 2.20. The predicted molar refractivity (Wildman–Crippen MR) is 81.6 cm³/mol. The zero-order chi connectivity index (χ0) is 13.4. The van der Waals surface area contributed by atoms with E-state index in [0.29, 0.717) is 5.02 Å². The van der Waals surface area contributed by atoms with Gasteiger partial charge in [-0.1, -0.05) is 29.3 Å². The average molecular weight is 271 g/mol. The molecule has 2 aromatic carbocycles. The van der Waals surface area contributed by atoms with Gasteiger partial charge < -0.3 is 10.3 Å². The molecule has 0 bridgehead atoms. The molecule has 0 atom stereocenters. The first-order valence-corrected chi connectivity index (χ1v) is 6.61. The molecule has 0 fully saturated rings. The van der Waals surface area contributed by atoms with E-state index in [9.17, 15) is 0 Å². The van der Waals surface area contributed by atoms with E-state index in [4.69, 9.17) is 17.3 Å². The molecular formula is C16H15ClN2. The van der Waals surface area contributed by atoms with Gasteiger partial charge in [-0.3, -0.25) is 0 Å². The van der Waals surface area contributed by atoms with Gasteiger partial charge in [0.05, 0.1) is 0 Å². The van der Waals surface area contributed by atoms with Gasteiger partial charge in [-0.05, 0) is 48.2 Å². The van der Waals surface area contributed by atoms with Gasteiger partial charge in [-0.15, -0.1) is 0 Å². The lowest BCUT2D eigenvalue weighted by Gasteiger charge is -2.09. The molecule has 19 heavy (non-hydrogen) atoms. The molecule has 0 aliphatic carbocycles. The second-order valence-corrected chi connectivity index (χ2v) is 5.29. The summed E-state index contributed by atoms with van der Waals surface area (Å²) in [5.41, 5.74) is 10.3. The Hall–Kier alpha value is -1.93. The van der Waals surface area contributed by atoms with Crippen molar-refractivity contribution in [1.82, 2.24) is 4.57 Å². The summed E-state index contributed by atoms with van der Waals surface area (Å²) in [5.74, 6) is 0. The molecule has 2 N–H and O–H groups in total. The summed E-state index contributed by atoms with van der Waals surface area (Å²) in [6, 6.07) is 14.3. The van der Waals surface area contributed by atoms with E-state index in [0.717, 1.165) is 17.8 Å². The fourth-order valence-electron chi connectivity index (χ4n) is 2.35. The Morgan fingerprint density at radius 3 is 2.74 bits per heavy atom. The first-order valence-electron chi connectivity index (χ1n) is 6.23. The first kappa shape index (κ1) is 12.1. The van der Waals surface area contributed by atoms with Crippen molar-refractivity contribution in [2.75, 3.05) is 5.73 Å². The number of aromatic nitrogens is 1. The molecule has 0 spiro atoms. The first-order chi connectivity index (χ1) is 9.13. The van der Waals surface area contributed by atoms with Gasteiger partial charge in [0, 0.05) is 29.0 Å². The molecule has 3 rings (SSSR count). The lowest BCUT2D eigenvalue weighted by Crippen LogP contribution is -2.01. The van der Waals surface area contributed by atoms with Gasteiger partial charge in [-0.25, -0.2) is 0 Å².